The second kappa shape index (κ2) is 7.13. The van der Waals surface area contributed by atoms with E-state index in [-0.39, 0.29) is 11.9 Å². The standard InChI is InChI=1S/C20H21N3O2S/c21-19(24)13-1-5-16(6-2-13)26-17-7-3-14(4-8-17)20(25)22-18-12-23-10-9-15(18)11-23/h1-8,15,18H,9-12H2,(H2,21,24)(H,22,25)/t15-,18?/m0/s1. The highest BCUT2D eigenvalue weighted by atomic mass is 32.2. The summed E-state index contributed by atoms with van der Waals surface area (Å²) in [6.07, 6.45) is 1.19. The number of carbonyl (C=O) groups is 2. The number of primary amides is 1. The third kappa shape index (κ3) is 3.61. The molecule has 2 aromatic rings. The Morgan fingerprint density at radius 3 is 2.08 bits per heavy atom. The summed E-state index contributed by atoms with van der Waals surface area (Å²) < 4.78 is 0. The molecule has 0 radical (unpaired) electrons. The molecule has 5 nitrogen and oxygen atoms in total. The second-order valence-electron chi connectivity index (χ2n) is 6.90. The number of benzene rings is 2. The van der Waals surface area contributed by atoms with Gasteiger partial charge in [-0.1, -0.05) is 11.8 Å². The summed E-state index contributed by atoms with van der Waals surface area (Å²) in [5, 5.41) is 3.18. The molecule has 2 unspecified atom stereocenters. The average Bonchev–Trinajstić information content (AvgIpc) is 3.26. The molecule has 4 rings (SSSR count). The molecule has 0 aromatic heterocycles. The molecule has 2 saturated heterocycles. The molecule has 2 heterocycles. The van der Waals surface area contributed by atoms with Crippen LogP contribution < -0.4 is 11.1 Å². The van der Waals surface area contributed by atoms with Crippen LogP contribution in [0.5, 0.6) is 0 Å². The van der Waals surface area contributed by atoms with E-state index in [0.29, 0.717) is 17.0 Å². The number of nitrogens with one attached hydrogen (secondary N) is 1. The van der Waals surface area contributed by atoms with Crippen molar-refractivity contribution in [1.29, 1.82) is 0 Å². The summed E-state index contributed by atoms with van der Waals surface area (Å²) >= 11 is 1.58. The summed E-state index contributed by atoms with van der Waals surface area (Å²) in [6, 6.07) is 15.1. The highest BCUT2D eigenvalue weighted by Crippen LogP contribution is 2.29. The molecular formula is C20H21N3O2S. The fourth-order valence-electron chi connectivity index (χ4n) is 3.70. The zero-order chi connectivity index (χ0) is 18.1. The van der Waals surface area contributed by atoms with E-state index in [1.54, 1.807) is 23.9 Å². The fourth-order valence-corrected chi connectivity index (χ4v) is 4.51. The number of rotatable bonds is 5. The zero-order valence-corrected chi connectivity index (χ0v) is 15.2. The lowest BCUT2D eigenvalue weighted by Gasteiger charge is -2.23. The monoisotopic (exact) mass is 367 g/mol. The Morgan fingerprint density at radius 2 is 1.58 bits per heavy atom. The summed E-state index contributed by atoms with van der Waals surface area (Å²) in [4.78, 5) is 28.1. The number of nitrogens with two attached hydrogens (primary N) is 1. The second-order valence-corrected chi connectivity index (χ2v) is 8.05. The van der Waals surface area contributed by atoms with Crippen LogP contribution >= 0.6 is 11.8 Å². The summed E-state index contributed by atoms with van der Waals surface area (Å²) in [7, 11) is 0. The highest BCUT2D eigenvalue weighted by Gasteiger charge is 2.38. The van der Waals surface area contributed by atoms with Crippen LogP contribution in [0.3, 0.4) is 0 Å². The van der Waals surface area contributed by atoms with Gasteiger partial charge in [0.2, 0.25) is 5.91 Å². The van der Waals surface area contributed by atoms with E-state index in [9.17, 15) is 9.59 Å². The Balaban J connectivity index is 1.37. The first-order chi connectivity index (χ1) is 12.6. The lowest BCUT2D eigenvalue weighted by atomic mass is 9.99. The Kier molecular flexibility index (Phi) is 4.70. The molecule has 2 bridgehead atoms. The van der Waals surface area contributed by atoms with Gasteiger partial charge in [-0.2, -0.15) is 0 Å². The van der Waals surface area contributed by atoms with E-state index in [0.717, 1.165) is 22.9 Å². The number of fused-ring (bicyclic) bond motifs is 2. The Morgan fingerprint density at radius 1 is 0.962 bits per heavy atom. The van der Waals surface area contributed by atoms with Gasteiger partial charge < -0.3 is 16.0 Å². The minimum absolute atomic E-state index is 0.00566. The molecule has 6 heteroatoms. The predicted octanol–water partition coefficient (Wildman–Crippen LogP) is 2.37. The number of hydrogen-bond donors (Lipinski definition) is 2. The van der Waals surface area contributed by atoms with Gasteiger partial charge in [-0.25, -0.2) is 0 Å². The lowest BCUT2D eigenvalue weighted by Crippen LogP contribution is -2.43. The Bertz CT molecular complexity index is 820. The molecule has 0 spiro atoms. The number of nitrogens with zero attached hydrogens (tertiary/aromatic N) is 1. The van der Waals surface area contributed by atoms with Crippen LogP contribution in [-0.2, 0) is 0 Å². The van der Waals surface area contributed by atoms with Gasteiger partial charge >= 0.3 is 0 Å². The molecule has 0 saturated carbocycles. The molecule has 2 aliphatic rings. The van der Waals surface area contributed by atoms with Crippen LogP contribution in [0.2, 0.25) is 0 Å². The first kappa shape index (κ1) is 17.1. The van der Waals surface area contributed by atoms with Crippen molar-refractivity contribution >= 4 is 23.6 Å². The van der Waals surface area contributed by atoms with Crippen LogP contribution in [0.4, 0.5) is 0 Å². The molecule has 0 aliphatic carbocycles. The Labute approximate surface area is 156 Å². The molecule has 3 N–H and O–H groups in total. The van der Waals surface area contributed by atoms with Crippen molar-refractivity contribution in [2.24, 2.45) is 11.7 Å². The minimum atomic E-state index is -0.427. The van der Waals surface area contributed by atoms with Gasteiger partial charge in [-0.15, -0.1) is 0 Å². The van der Waals surface area contributed by atoms with Crippen LogP contribution in [0.25, 0.3) is 0 Å². The number of piperidine rings is 1. The Hall–Kier alpha value is -2.31. The maximum Gasteiger partial charge on any atom is 0.251 e. The minimum Gasteiger partial charge on any atom is -0.366 e. The van der Waals surface area contributed by atoms with E-state index in [1.807, 2.05) is 36.4 Å². The van der Waals surface area contributed by atoms with Gasteiger partial charge in [0.25, 0.3) is 5.91 Å². The van der Waals surface area contributed by atoms with Gasteiger partial charge in [0.15, 0.2) is 0 Å². The van der Waals surface area contributed by atoms with Gasteiger partial charge in [0.1, 0.15) is 0 Å². The van der Waals surface area contributed by atoms with Gasteiger partial charge in [0, 0.05) is 40.0 Å². The zero-order valence-electron chi connectivity index (χ0n) is 14.4. The topological polar surface area (TPSA) is 75.4 Å². The molecule has 2 amide bonds. The first-order valence-electron chi connectivity index (χ1n) is 8.79. The molecule has 2 fully saturated rings. The summed E-state index contributed by atoms with van der Waals surface area (Å²) in [5.41, 5.74) is 6.44. The third-order valence-electron chi connectivity index (χ3n) is 5.14. The molecule has 134 valence electrons. The van der Waals surface area contributed by atoms with Gasteiger partial charge in [-0.3, -0.25) is 9.59 Å². The third-order valence-corrected chi connectivity index (χ3v) is 6.16. The van der Waals surface area contributed by atoms with E-state index in [2.05, 4.69) is 10.2 Å². The number of amides is 2. The number of hydrogen-bond acceptors (Lipinski definition) is 4. The first-order valence-corrected chi connectivity index (χ1v) is 9.61. The SMILES string of the molecule is NC(=O)c1ccc(Sc2ccc(C(=O)NC3CN4CC[C@H]3C4)cc2)cc1. The molecule has 3 atom stereocenters. The smallest absolute Gasteiger partial charge is 0.251 e. The predicted molar refractivity (Wildman–Crippen MR) is 101 cm³/mol. The van der Waals surface area contributed by atoms with Crippen molar-refractivity contribution < 1.29 is 9.59 Å². The van der Waals surface area contributed by atoms with Crippen molar-refractivity contribution in [2.75, 3.05) is 19.6 Å². The largest absolute Gasteiger partial charge is 0.366 e. The molecule has 2 aromatic carbocycles. The fraction of sp³-hybridized carbons (Fsp3) is 0.300. The van der Waals surface area contributed by atoms with E-state index in [4.69, 9.17) is 5.73 Å². The summed E-state index contributed by atoms with van der Waals surface area (Å²) in [5.74, 6) is 0.187. The highest BCUT2D eigenvalue weighted by molar-refractivity contribution is 7.99. The van der Waals surface area contributed by atoms with Gasteiger partial charge in [0.05, 0.1) is 0 Å². The normalized spacial score (nSPS) is 23.8. The average molecular weight is 367 g/mol. The van der Waals surface area contributed by atoms with Crippen LogP contribution in [0.15, 0.2) is 58.3 Å². The van der Waals surface area contributed by atoms with E-state index >= 15 is 0 Å². The van der Waals surface area contributed by atoms with Gasteiger partial charge in [-0.05, 0) is 67.4 Å². The lowest BCUT2D eigenvalue weighted by molar-refractivity contribution is 0.0923. The van der Waals surface area contributed by atoms with Crippen LogP contribution in [0.1, 0.15) is 27.1 Å². The van der Waals surface area contributed by atoms with Crippen molar-refractivity contribution in [3.05, 3.63) is 59.7 Å². The van der Waals surface area contributed by atoms with Crippen LogP contribution in [0, 0.1) is 5.92 Å². The van der Waals surface area contributed by atoms with E-state index < -0.39 is 5.91 Å². The number of carbonyl (C=O) groups excluding carboxylic acids is 2. The molecule has 2 aliphatic heterocycles. The van der Waals surface area contributed by atoms with Crippen molar-refractivity contribution in [3.8, 4) is 0 Å². The maximum atomic E-state index is 12.5. The van der Waals surface area contributed by atoms with E-state index in [1.165, 1.54) is 13.0 Å². The molecular weight excluding hydrogens is 346 g/mol. The van der Waals surface area contributed by atoms with Crippen LogP contribution in [-0.4, -0.2) is 42.4 Å². The quantitative estimate of drug-likeness (QED) is 0.851. The van der Waals surface area contributed by atoms with Crippen molar-refractivity contribution in [1.82, 2.24) is 10.2 Å². The van der Waals surface area contributed by atoms with Crippen molar-refractivity contribution in [2.45, 2.75) is 22.3 Å². The van der Waals surface area contributed by atoms with Crippen molar-refractivity contribution in [3.63, 3.8) is 0 Å². The summed E-state index contributed by atoms with van der Waals surface area (Å²) in [6.45, 7) is 3.27. The maximum absolute atomic E-state index is 12.5. The molecule has 26 heavy (non-hydrogen) atoms.